The topological polar surface area (TPSA) is 32.3 Å². The lowest BCUT2D eigenvalue weighted by molar-refractivity contribution is -0.138. The van der Waals surface area contributed by atoms with Crippen LogP contribution in [-0.4, -0.2) is 25.0 Å². The number of carbonyl (C=O) groups is 1. The van der Waals surface area contributed by atoms with E-state index in [0.717, 1.165) is 12.5 Å². The summed E-state index contributed by atoms with van der Waals surface area (Å²) in [5.74, 6) is -0.168. The molecule has 1 fully saturated rings. The van der Waals surface area contributed by atoms with Gasteiger partial charge in [0.1, 0.15) is 0 Å². The molecule has 0 radical (unpaired) electrons. The van der Waals surface area contributed by atoms with E-state index in [-0.39, 0.29) is 22.1 Å². The smallest absolute Gasteiger partial charge is 0.311 e. The third-order valence-electron chi connectivity index (χ3n) is 3.46. The lowest BCUT2D eigenvalue weighted by Gasteiger charge is -2.33. The van der Waals surface area contributed by atoms with Crippen molar-refractivity contribution in [3.63, 3.8) is 0 Å². The van der Waals surface area contributed by atoms with Crippen LogP contribution in [0.5, 0.6) is 0 Å². The average molecular weight is 365 g/mol. The molecule has 21 heavy (non-hydrogen) atoms. The van der Waals surface area contributed by atoms with Crippen LogP contribution in [0.1, 0.15) is 25.3 Å². The second kappa shape index (κ2) is 6.36. The summed E-state index contributed by atoms with van der Waals surface area (Å²) >= 11 is 2.91. The summed E-state index contributed by atoms with van der Waals surface area (Å²) in [4.78, 5) is 13.8. The van der Waals surface area contributed by atoms with Crippen LogP contribution in [-0.2, 0) is 11.0 Å². The van der Waals surface area contributed by atoms with Crippen molar-refractivity contribution in [3.8, 4) is 0 Å². The SMILES string of the molecule is CCNC1CCCN(c2ccc(Br)c(C(F)(F)F)c2)C1=O. The van der Waals surface area contributed by atoms with E-state index in [1.54, 1.807) is 0 Å². The third kappa shape index (κ3) is 3.58. The Morgan fingerprint density at radius 1 is 1.43 bits per heavy atom. The van der Waals surface area contributed by atoms with E-state index >= 15 is 0 Å². The zero-order valence-corrected chi connectivity index (χ0v) is 13.1. The number of alkyl halides is 3. The maximum Gasteiger partial charge on any atom is 0.417 e. The van der Waals surface area contributed by atoms with E-state index in [4.69, 9.17) is 0 Å². The molecule has 116 valence electrons. The van der Waals surface area contributed by atoms with Gasteiger partial charge >= 0.3 is 6.18 Å². The molecule has 0 saturated carbocycles. The monoisotopic (exact) mass is 364 g/mol. The van der Waals surface area contributed by atoms with Gasteiger partial charge in [0.2, 0.25) is 5.91 Å². The lowest BCUT2D eigenvalue weighted by atomic mass is 10.0. The minimum absolute atomic E-state index is 0.0218. The van der Waals surface area contributed by atoms with Crippen molar-refractivity contribution in [2.45, 2.75) is 32.0 Å². The van der Waals surface area contributed by atoms with Crippen LogP contribution in [0.15, 0.2) is 22.7 Å². The largest absolute Gasteiger partial charge is 0.417 e. The predicted octanol–water partition coefficient (Wildman–Crippen LogP) is 3.57. The first-order valence-corrected chi connectivity index (χ1v) is 7.55. The maximum atomic E-state index is 12.9. The zero-order valence-electron chi connectivity index (χ0n) is 11.5. The molecule has 3 nitrogen and oxygen atoms in total. The van der Waals surface area contributed by atoms with E-state index in [1.807, 2.05) is 6.92 Å². The highest BCUT2D eigenvalue weighted by molar-refractivity contribution is 9.10. The van der Waals surface area contributed by atoms with Gasteiger partial charge in [0, 0.05) is 16.7 Å². The number of halogens is 4. The molecule has 1 saturated heterocycles. The molecule has 1 heterocycles. The summed E-state index contributed by atoms with van der Waals surface area (Å²) in [5, 5.41) is 3.07. The van der Waals surface area contributed by atoms with Gasteiger partial charge in [-0.2, -0.15) is 13.2 Å². The molecule has 2 rings (SSSR count). The molecular formula is C14H16BrF3N2O. The van der Waals surface area contributed by atoms with Gasteiger partial charge in [0.15, 0.2) is 0 Å². The summed E-state index contributed by atoms with van der Waals surface area (Å²) in [6.45, 7) is 2.99. The molecule has 1 atom stereocenters. The summed E-state index contributed by atoms with van der Waals surface area (Å²) in [7, 11) is 0. The van der Waals surface area contributed by atoms with Crippen LogP contribution >= 0.6 is 15.9 Å². The van der Waals surface area contributed by atoms with Crippen molar-refractivity contribution < 1.29 is 18.0 Å². The quantitative estimate of drug-likeness (QED) is 0.888. The fourth-order valence-electron chi connectivity index (χ4n) is 2.47. The summed E-state index contributed by atoms with van der Waals surface area (Å²) in [5.41, 5.74) is -0.475. The van der Waals surface area contributed by atoms with Gasteiger partial charge in [-0.3, -0.25) is 4.79 Å². The van der Waals surface area contributed by atoms with Crippen molar-refractivity contribution in [2.75, 3.05) is 18.0 Å². The highest BCUT2D eigenvalue weighted by atomic mass is 79.9. The normalized spacial score (nSPS) is 20.0. The molecule has 7 heteroatoms. The number of amides is 1. The average Bonchev–Trinajstić information content (AvgIpc) is 2.41. The van der Waals surface area contributed by atoms with Gasteiger partial charge in [-0.1, -0.05) is 22.9 Å². The van der Waals surface area contributed by atoms with E-state index in [9.17, 15) is 18.0 Å². The maximum absolute atomic E-state index is 12.9. The lowest BCUT2D eigenvalue weighted by Crippen LogP contribution is -2.50. The summed E-state index contributed by atoms with van der Waals surface area (Å²) in [6, 6.07) is 3.58. The van der Waals surface area contributed by atoms with Crippen LogP contribution < -0.4 is 10.2 Å². The Bertz CT molecular complexity index is 531. The molecule has 1 aliphatic heterocycles. The number of hydrogen-bond donors (Lipinski definition) is 1. The van der Waals surface area contributed by atoms with Gasteiger partial charge < -0.3 is 10.2 Å². The summed E-state index contributed by atoms with van der Waals surface area (Å²) in [6.07, 6.45) is -2.97. The molecule has 0 aromatic heterocycles. The van der Waals surface area contributed by atoms with E-state index in [1.165, 1.54) is 17.0 Å². The van der Waals surface area contributed by atoms with E-state index in [0.29, 0.717) is 19.5 Å². The van der Waals surface area contributed by atoms with Crippen LogP contribution in [0.2, 0.25) is 0 Å². The van der Waals surface area contributed by atoms with Gasteiger partial charge in [-0.15, -0.1) is 0 Å². The van der Waals surface area contributed by atoms with Crippen molar-refractivity contribution >= 4 is 27.5 Å². The molecule has 0 aliphatic carbocycles. The number of nitrogens with zero attached hydrogens (tertiary/aromatic N) is 1. The minimum Gasteiger partial charge on any atom is -0.311 e. The molecule has 1 unspecified atom stereocenters. The predicted molar refractivity (Wildman–Crippen MR) is 78.2 cm³/mol. The fraction of sp³-hybridized carbons (Fsp3) is 0.500. The Labute approximate surface area is 129 Å². The van der Waals surface area contributed by atoms with Crippen molar-refractivity contribution in [3.05, 3.63) is 28.2 Å². The number of hydrogen-bond acceptors (Lipinski definition) is 2. The van der Waals surface area contributed by atoms with E-state index in [2.05, 4.69) is 21.2 Å². The molecule has 1 amide bonds. The number of carbonyl (C=O) groups excluding carboxylic acids is 1. The van der Waals surface area contributed by atoms with Gasteiger partial charge in [-0.05, 0) is 37.6 Å². The highest BCUT2D eigenvalue weighted by Gasteiger charge is 2.35. The Hall–Kier alpha value is -1.08. The summed E-state index contributed by atoms with van der Waals surface area (Å²) < 4.78 is 38.8. The van der Waals surface area contributed by atoms with Crippen LogP contribution in [0.4, 0.5) is 18.9 Å². The standard InChI is InChI=1S/C14H16BrF3N2O/c1-2-19-12-4-3-7-20(13(12)21)9-5-6-11(15)10(8-9)14(16,17)18/h5-6,8,12,19H,2-4,7H2,1H3. The Balaban J connectivity index is 2.31. The molecule has 1 aromatic carbocycles. The molecule has 0 bridgehead atoms. The Morgan fingerprint density at radius 3 is 2.76 bits per heavy atom. The first kappa shape index (κ1) is 16.3. The minimum atomic E-state index is -4.45. The molecule has 1 aliphatic rings. The molecule has 1 aromatic rings. The second-order valence-electron chi connectivity index (χ2n) is 4.90. The Kier molecular flexibility index (Phi) is 4.93. The first-order chi connectivity index (χ1) is 9.84. The number of anilines is 1. The third-order valence-corrected chi connectivity index (χ3v) is 4.15. The van der Waals surface area contributed by atoms with E-state index < -0.39 is 11.7 Å². The number of piperidine rings is 1. The molecule has 0 spiro atoms. The van der Waals surface area contributed by atoms with Gasteiger partial charge in [0.05, 0.1) is 11.6 Å². The molecular weight excluding hydrogens is 349 g/mol. The zero-order chi connectivity index (χ0) is 15.6. The number of benzene rings is 1. The van der Waals surface area contributed by atoms with Crippen molar-refractivity contribution in [1.82, 2.24) is 5.32 Å². The highest BCUT2D eigenvalue weighted by Crippen LogP contribution is 2.37. The Morgan fingerprint density at radius 2 is 2.14 bits per heavy atom. The molecule has 1 N–H and O–H groups in total. The number of nitrogens with one attached hydrogen (secondary N) is 1. The number of rotatable bonds is 3. The first-order valence-electron chi connectivity index (χ1n) is 6.76. The van der Waals surface area contributed by atoms with Gasteiger partial charge in [-0.25, -0.2) is 0 Å². The fourth-order valence-corrected chi connectivity index (χ4v) is 2.94. The van der Waals surface area contributed by atoms with Gasteiger partial charge in [0.25, 0.3) is 0 Å². The second-order valence-corrected chi connectivity index (χ2v) is 5.76. The van der Waals surface area contributed by atoms with Crippen molar-refractivity contribution in [2.24, 2.45) is 0 Å². The van der Waals surface area contributed by atoms with Crippen molar-refractivity contribution in [1.29, 1.82) is 0 Å². The van der Waals surface area contributed by atoms with Crippen LogP contribution in [0.25, 0.3) is 0 Å². The van der Waals surface area contributed by atoms with Crippen LogP contribution in [0.3, 0.4) is 0 Å². The number of likely N-dealkylation sites (N-methyl/N-ethyl adjacent to an activating group) is 1. The van der Waals surface area contributed by atoms with Crippen LogP contribution in [0, 0.1) is 0 Å².